The Morgan fingerprint density at radius 2 is 1.67 bits per heavy atom. The number of nitrogens with one attached hydrogen (secondary N) is 1. The quantitative estimate of drug-likeness (QED) is 0.394. The Morgan fingerprint density at radius 1 is 0.909 bits per heavy atom. The molecule has 6 nitrogen and oxygen atoms in total. The summed E-state index contributed by atoms with van der Waals surface area (Å²) < 4.78 is 28.5. The molecule has 172 valence electrons. The normalized spacial score (nSPS) is 11.2. The Balaban J connectivity index is 1.37. The van der Waals surface area contributed by atoms with Crippen molar-refractivity contribution in [1.82, 2.24) is 14.5 Å². The second kappa shape index (κ2) is 9.92. The van der Waals surface area contributed by atoms with Gasteiger partial charge in [0.25, 0.3) is 0 Å². The van der Waals surface area contributed by atoms with Crippen LogP contribution in [0.3, 0.4) is 0 Å². The van der Waals surface area contributed by atoms with E-state index in [1.165, 1.54) is 6.07 Å². The summed E-state index contributed by atoms with van der Waals surface area (Å²) in [5, 5.41) is 3.34. The van der Waals surface area contributed by atoms with E-state index in [4.69, 9.17) is 9.47 Å². The van der Waals surface area contributed by atoms with Gasteiger partial charge in [-0.15, -0.1) is 0 Å². The number of hydrogen-bond donors (Lipinski definition) is 1. The first-order chi connectivity index (χ1) is 16.0. The van der Waals surface area contributed by atoms with Crippen LogP contribution in [0.4, 0.5) is 4.39 Å². The Kier molecular flexibility index (Phi) is 6.79. The Hall–Kier alpha value is -3.58. The fraction of sp³-hybridized carbons (Fsp3) is 0.269. The van der Waals surface area contributed by atoms with Crippen molar-refractivity contribution in [2.24, 2.45) is 14.1 Å². The molecule has 0 bridgehead atoms. The SMILES string of the molecule is COc1cc(CNCCc2ccccc2F)ccc1OCc1ccc2c(c1)n(C)c(=O)n2C. The van der Waals surface area contributed by atoms with Crippen molar-refractivity contribution in [2.75, 3.05) is 13.7 Å². The summed E-state index contributed by atoms with van der Waals surface area (Å²) in [6.07, 6.45) is 0.627. The van der Waals surface area contributed by atoms with E-state index in [0.717, 1.165) is 22.2 Å². The first-order valence-electron chi connectivity index (χ1n) is 10.9. The number of aromatic nitrogens is 2. The van der Waals surface area contributed by atoms with Crippen LogP contribution in [0, 0.1) is 5.82 Å². The maximum absolute atomic E-state index is 13.7. The highest BCUT2D eigenvalue weighted by molar-refractivity contribution is 5.76. The molecule has 33 heavy (non-hydrogen) atoms. The lowest BCUT2D eigenvalue weighted by Crippen LogP contribution is -2.19. The maximum Gasteiger partial charge on any atom is 0.328 e. The molecule has 0 amide bonds. The molecule has 0 aliphatic carbocycles. The number of rotatable bonds is 9. The molecular formula is C26H28FN3O3. The zero-order valence-corrected chi connectivity index (χ0v) is 19.1. The monoisotopic (exact) mass is 449 g/mol. The molecule has 1 aromatic heterocycles. The number of imidazole rings is 1. The second-order valence-corrected chi connectivity index (χ2v) is 8.02. The van der Waals surface area contributed by atoms with Crippen molar-refractivity contribution < 1.29 is 13.9 Å². The Labute approximate surface area is 192 Å². The molecule has 0 unspecified atom stereocenters. The lowest BCUT2D eigenvalue weighted by atomic mass is 10.1. The van der Waals surface area contributed by atoms with Crippen molar-refractivity contribution >= 4 is 11.0 Å². The largest absolute Gasteiger partial charge is 0.493 e. The molecule has 4 aromatic rings. The van der Waals surface area contributed by atoms with E-state index in [9.17, 15) is 9.18 Å². The van der Waals surface area contributed by atoms with E-state index < -0.39 is 0 Å². The summed E-state index contributed by atoms with van der Waals surface area (Å²) in [5.74, 6) is 1.13. The fourth-order valence-corrected chi connectivity index (χ4v) is 3.90. The third kappa shape index (κ3) is 4.93. The molecule has 0 spiro atoms. The van der Waals surface area contributed by atoms with Gasteiger partial charge < -0.3 is 14.8 Å². The van der Waals surface area contributed by atoms with Crippen molar-refractivity contribution in [3.8, 4) is 11.5 Å². The van der Waals surface area contributed by atoms with Crippen molar-refractivity contribution in [3.63, 3.8) is 0 Å². The fourth-order valence-electron chi connectivity index (χ4n) is 3.90. The summed E-state index contributed by atoms with van der Waals surface area (Å²) in [6.45, 7) is 1.67. The Bertz CT molecular complexity index is 1330. The third-order valence-corrected chi connectivity index (χ3v) is 5.82. The molecule has 3 aromatic carbocycles. The standard InChI is InChI=1S/C26H28FN3O3/c1-29-22-10-8-19(14-23(22)30(2)26(29)31)17-33-24-11-9-18(15-25(24)32-3)16-28-13-12-20-6-4-5-7-21(20)27/h4-11,14-15,28H,12-13,16-17H2,1-3H3. The molecule has 0 atom stereocenters. The maximum atomic E-state index is 13.7. The van der Waals surface area contributed by atoms with E-state index >= 15 is 0 Å². The van der Waals surface area contributed by atoms with Gasteiger partial charge >= 0.3 is 5.69 Å². The van der Waals surface area contributed by atoms with Crippen LogP contribution in [-0.4, -0.2) is 22.8 Å². The predicted octanol–water partition coefficient (Wildman–Crippen LogP) is 3.94. The molecule has 0 saturated carbocycles. The van der Waals surface area contributed by atoms with E-state index in [0.29, 0.717) is 43.2 Å². The van der Waals surface area contributed by atoms with Crippen LogP contribution < -0.4 is 20.5 Å². The van der Waals surface area contributed by atoms with Crippen LogP contribution in [0.25, 0.3) is 11.0 Å². The molecule has 1 N–H and O–H groups in total. The summed E-state index contributed by atoms with van der Waals surface area (Å²) in [5.41, 5.74) is 4.42. The molecule has 0 saturated heterocycles. The van der Waals surface area contributed by atoms with E-state index in [-0.39, 0.29) is 11.5 Å². The summed E-state index contributed by atoms with van der Waals surface area (Å²) in [7, 11) is 5.15. The molecule has 7 heteroatoms. The first kappa shape index (κ1) is 22.6. The number of nitrogens with zero attached hydrogens (tertiary/aromatic N) is 2. The van der Waals surface area contributed by atoms with Crippen molar-refractivity contribution in [2.45, 2.75) is 19.6 Å². The van der Waals surface area contributed by atoms with Crippen LogP contribution >= 0.6 is 0 Å². The number of ether oxygens (including phenoxy) is 2. The van der Waals surface area contributed by atoms with Crippen LogP contribution in [0.15, 0.2) is 65.5 Å². The number of fused-ring (bicyclic) bond motifs is 1. The zero-order chi connectivity index (χ0) is 23.4. The lowest BCUT2D eigenvalue weighted by Gasteiger charge is -2.13. The minimum atomic E-state index is -0.170. The van der Waals surface area contributed by atoms with Crippen LogP contribution in [0.1, 0.15) is 16.7 Å². The van der Waals surface area contributed by atoms with Crippen molar-refractivity contribution in [1.29, 1.82) is 0 Å². The van der Waals surface area contributed by atoms with Crippen molar-refractivity contribution in [3.05, 3.63) is 93.7 Å². The molecule has 0 fully saturated rings. The average Bonchev–Trinajstić information content (AvgIpc) is 3.05. The topological polar surface area (TPSA) is 57.4 Å². The summed E-state index contributed by atoms with van der Waals surface area (Å²) in [6, 6.07) is 18.5. The summed E-state index contributed by atoms with van der Waals surface area (Å²) >= 11 is 0. The summed E-state index contributed by atoms with van der Waals surface area (Å²) in [4.78, 5) is 12.1. The number of hydrogen-bond acceptors (Lipinski definition) is 4. The van der Waals surface area contributed by atoms with Gasteiger partial charge in [0.15, 0.2) is 11.5 Å². The van der Waals surface area contributed by atoms with Crippen LogP contribution in [-0.2, 0) is 33.7 Å². The minimum absolute atomic E-state index is 0.0529. The van der Waals surface area contributed by atoms with E-state index in [2.05, 4.69) is 5.32 Å². The van der Waals surface area contributed by atoms with Gasteiger partial charge in [0.2, 0.25) is 0 Å². The number of halogens is 1. The molecule has 0 aliphatic rings. The van der Waals surface area contributed by atoms with Gasteiger partial charge in [0.05, 0.1) is 18.1 Å². The zero-order valence-electron chi connectivity index (χ0n) is 19.1. The molecular weight excluding hydrogens is 421 g/mol. The van der Waals surface area contributed by atoms with Crippen LogP contribution in [0.2, 0.25) is 0 Å². The first-order valence-corrected chi connectivity index (χ1v) is 10.9. The average molecular weight is 450 g/mol. The third-order valence-electron chi connectivity index (χ3n) is 5.82. The van der Waals surface area contributed by atoms with Gasteiger partial charge in [-0.2, -0.15) is 0 Å². The number of methoxy groups -OCH3 is 1. The second-order valence-electron chi connectivity index (χ2n) is 8.02. The van der Waals surface area contributed by atoms with Gasteiger partial charge in [-0.25, -0.2) is 9.18 Å². The smallest absolute Gasteiger partial charge is 0.328 e. The molecule has 0 aliphatic heterocycles. The van der Waals surface area contributed by atoms with Gasteiger partial charge in [-0.05, 0) is 60.0 Å². The van der Waals surface area contributed by atoms with Gasteiger partial charge in [0.1, 0.15) is 12.4 Å². The number of aryl methyl sites for hydroxylation is 2. The molecule has 4 rings (SSSR count). The molecule has 1 heterocycles. The minimum Gasteiger partial charge on any atom is -0.493 e. The highest BCUT2D eigenvalue weighted by Gasteiger charge is 2.10. The highest BCUT2D eigenvalue weighted by Crippen LogP contribution is 2.29. The van der Waals surface area contributed by atoms with Crippen LogP contribution in [0.5, 0.6) is 11.5 Å². The highest BCUT2D eigenvalue weighted by atomic mass is 19.1. The van der Waals surface area contributed by atoms with E-state index in [1.807, 2.05) is 42.5 Å². The predicted molar refractivity (Wildman–Crippen MR) is 127 cm³/mol. The lowest BCUT2D eigenvalue weighted by molar-refractivity contribution is 0.284. The Morgan fingerprint density at radius 3 is 2.45 bits per heavy atom. The van der Waals surface area contributed by atoms with E-state index in [1.54, 1.807) is 42.5 Å². The van der Waals surface area contributed by atoms with Gasteiger partial charge in [-0.3, -0.25) is 9.13 Å². The molecule has 0 radical (unpaired) electrons. The van der Waals surface area contributed by atoms with Gasteiger partial charge in [-0.1, -0.05) is 30.3 Å². The van der Waals surface area contributed by atoms with Gasteiger partial charge in [0, 0.05) is 20.6 Å². The number of benzene rings is 3.